The number of rotatable bonds is 5. The molecule has 30 heavy (non-hydrogen) atoms. The third-order valence-electron chi connectivity index (χ3n) is 4.69. The number of likely N-dealkylation sites (tertiary alicyclic amines) is 1. The van der Waals surface area contributed by atoms with Gasteiger partial charge in [-0.25, -0.2) is 4.99 Å². The largest absolute Gasteiger partial charge is 0.573 e. The summed E-state index contributed by atoms with van der Waals surface area (Å²) in [5.41, 5.74) is 6.39. The Bertz CT molecular complexity index is 655. The molecule has 0 saturated carbocycles. The number of guanidine groups is 1. The van der Waals surface area contributed by atoms with Crippen molar-refractivity contribution in [2.45, 2.75) is 52.0 Å². The van der Waals surface area contributed by atoms with Crippen molar-refractivity contribution in [2.24, 2.45) is 21.6 Å². The van der Waals surface area contributed by atoms with Crippen LogP contribution in [0.5, 0.6) is 5.75 Å². The molecule has 1 aliphatic heterocycles. The Labute approximate surface area is 176 Å². The molecule has 170 valence electrons. The lowest BCUT2D eigenvalue weighted by Gasteiger charge is -2.34. The van der Waals surface area contributed by atoms with Crippen molar-refractivity contribution in [3.8, 4) is 5.75 Å². The molecule has 9 heteroatoms. The molecule has 0 aliphatic carbocycles. The summed E-state index contributed by atoms with van der Waals surface area (Å²) in [6, 6.07) is 5.67. The molecule has 6 nitrogen and oxygen atoms in total. The second kappa shape index (κ2) is 13.2. The third kappa shape index (κ3) is 10.1. The van der Waals surface area contributed by atoms with Gasteiger partial charge >= 0.3 is 6.36 Å². The Balaban J connectivity index is 0.000000325. The van der Waals surface area contributed by atoms with Crippen LogP contribution in [-0.2, 0) is 0 Å². The van der Waals surface area contributed by atoms with Crippen molar-refractivity contribution >= 4 is 12.2 Å². The van der Waals surface area contributed by atoms with Crippen LogP contribution in [0.2, 0.25) is 0 Å². The number of nitrogens with zero attached hydrogens (tertiary/aromatic N) is 3. The van der Waals surface area contributed by atoms with Gasteiger partial charge in [0.1, 0.15) is 5.75 Å². The number of aliphatic imine (C=N–C) groups is 2. The van der Waals surface area contributed by atoms with Crippen LogP contribution in [0.4, 0.5) is 13.2 Å². The Morgan fingerprint density at radius 3 is 2.37 bits per heavy atom. The monoisotopic (exact) mass is 430 g/mol. The van der Waals surface area contributed by atoms with Crippen LogP contribution in [0.25, 0.3) is 0 Å². The normalized spacial score (nSPS) is 16.9. The average Bonchev–Trinajstić information content (AvgIpc) is 2.72. The van der Waals surface area contributed by atoms with Gasteiger partial charge in [-0.05, 0) is 44.2 Å². The van der Waals surface area contributed by atoms with E-state index in [2.05, 4.69) is 26.5 Å². The van der Waals surface area contributed by atoms with E-state index in [0.29, 0.717) is 12.5 Å². The van der Waals surface area contributed by atoms with Gasteiger partial charge in [0.25, 0.3) is 0 Å². The molecule has 1 heterocycles. The summed E-state index contributed by atoms with van der Waals surface area (Å²) in [4.78, 5) is 10.8. The van der Waals surface area contributed by atoms with E-state index in [1.807, 2.05) is 6.21 Å². The first-order valence-electron chi connectivity index (χ1n) is 10.1. The number of hydrogen-bond donors (Lipinski definition) is 2. The molecule has 1 aliphatic rings. The van der Waals surface area contributed by atoms with E-state index in [4.69, 9.17) is 5.73 Å². The number of alkyl halides is 3. The van der Waals surface area contributed by atoms with Gasteiger partial charge < -0.3 is 20.5 Å². The summed E-state index contributed by atoms with van der Waals surface area (Å²) in [5, 5.41) is 9.73. The molecule has 0 radical (unpaired) electrons. The van der Waals surface area contributed by atoms with E-state index in [0.717, 1.165) is 50.3 Å². The maximum atomic E-state index is 11.6. The van der Waals surface area contributed by atoms with Crippen molar-refractivity contribution in [1.29, 1.82) is 0 Å². The molecule has 3 N–H and O–H groups in total. The third-order valence-corrected chi connectivity index (χ3v) is 4.69. The van der Waals surface area contributed by atoms with E-state index in [9.17, 15) is 18.3 Å². The highest BCUT2D eigenvalue weighted by Crippen LogP contribution is 2.22. The molecule has 1 aromatic rings. The highest BCUT2D eigenvalue weighted by Gasteiger charge is 2.30. The molecule has 1 aromatic carbocycles. The molecule has 0 spiro atoms. The number of unbranched alkanes of at least 4 members (excludes halogenated alkanes) is 1. The van der Waals surface area contributed by atoms with Crippen LogP contribution < -0.4 is 10.5 Å². The molecule has 1 atom stereocenters. The van der Waals surface area contributed by atoms with Crippen molar-refractivity contribution in [3.63, 3.8) is 0 Å². The lowest BCUT2D eigenvalue weighted by atomic mass is 9.91. The highest BCUT2D eigenvalue weighted by molar-refractivity contribution is 5.87. The van der Waals surface area contributed by atoms with Gasteiger partial charge in [0.15, 0.2) is 0 Å². The lowest BCUT2D eigenvalue weighted by Crippen LogP contribution is -2.42. The first-order valence-corrected chi connectivity index (χ1v) is 10.1. The summed E-state index contributed by atoms with van der Waals surface area (Å²) >= 11 is 0. The maximum absolute atomic E-state index is 11.6. The van der Waals surface area contributed by atoms with Crippen LogP contribution >= 0.6 is 0 Å². The van der Waals surface area contributed by atoms with Crippen LogP contribution in [0.1, 0.15) is 38.2 Å². The molecule has 1 fully saturated rings. The molecule has 0 aromatic heterocycles. The smallest absolute Gasteiger partial charge is 0.406 e. The van der Waals surface area contributed by atoms with Crippen molar-refractivity contribution in [1.82, 2.24) is 4.90 Å². The Morgan fingerprint density at radius 1 is 1.30 bits per heavy atom. The number of aryl methyl sites for hydroxylation is 1. The number of hydrogen-bond acceptors (Lipinski definition) is 4. The zero-order valence-electron chi connectivity index (χ0n) is 17.9. The molecular weight excluding hydrogens is 397 g/mol. The fourth-order valence-corrected chi connectivity index (χ4v) is 2.97. The van der Waals surface area contributed by atoms with Gasteiger partial charge in [-0.1, -0.05) is 31.0 Å². The summed E-state index contributed by atoms with van der Waals surface area (Å²) in [6.07, 6.45) is 0.977. The summed E-state index contributed by atoms with van der Waals surface area (Å²) in [5.74, 6) is 0.946. The van der Waals surface area contributed by atoms with Gasteiger partial charge in [0.05, 0.1) is 6.10 Å². The topological polar surface area (TPSA) is 83.4 Å². The van der Waals surface area contributed by atoms with Gasteiger partial charge in [-0.3, -0.25) is 4.99 Å². The van der Waals surface area contributed by atoms with Gasteiger partial charge in [-0.2, -0.15) is 0 Å². The average molecular weight is 431 g/mol. The van der Waals surface area contributed by atoms with Crippen LogP contribution in [0.15, 0.2) is 34.3 Å². The number of nitrogens with two attached hydrogens (primary N) is 1. The first kappa shape index (κ1) is 25.9. The minimum atomic E-state index is -4.60. The van der Waals surface area contributed by atoms with E-state index in [-0.39, 0.29) is 11.9 Å². The molecule has 0 amide bonds. The Kier molecular flexibility index (Phi) is 11.4. The van der Waals surface area contributed by atoms with Crippen molar-refractivity contribution < 1.29 is 23.0 Å². The summed E-state index contributed by atoms with van der Waals surface area (Å²) in [6.45, 7) is 6.08. The van der Waals surface area contributed by atoms with E-state index >= 15 is 0 Å². The van der Waals surface area contributed by atoms with Gasteiger partial charge in [0.2, 0.25) is 5.96 Å². The van der Waals surface area contributed by atoms with Crippen LogP contribution in [0.3, 0.4) is 0 Å². The fourth-order valence-electron chi connectivity index (χ4n) is 2.97. The van der Waals surface area contributed by atoms with E-state index in [1.54, 1.807) is 26.1 Å². The highest BCUT2D eigenvalue weighted by atomic mass is 19.4. The minimum Gasteiger partial charge on any atom is -0.406 e. The van der Waals surface area contributed by atoms with Crippen LogP contribution in [-0.4, -0.2) is 61.3 Å². The minimum absolute atomic E-state index is 0.187. The second-order valence-electron chi connectivity index (χ2n) is 7.11. The summed E-state index contributed by atoms with van der Waals surface area (Å²) < 4.78 is 38.5. The summed E-state index contributed by atoms with van der Waals surface area (Å²) in [7, 11) is 1.78. The first-order chi connectivity index (χ1) is 14.2. The number of ether oxygens (including phenoxy) is 1. The maximum Gasteiger partial charge on any atom is 0.573 e. The van der Waals surface area contributed by atoms with Crippen LogP contribution in [0, 0.1) is 12.8 Å². The quantitative estimate of drug-likeness (QED) is 0.550. The molecular formula is C21H33F3N4O2. The van der Waals surface area contributed by atoms with E-state index in [1.165, 1.54) is 12.1 Å². The number of aliphatic hydroxyl groups excluding tert-OH is 1. The van der Waals surface area contributed by atoms with Gasteiger partial charge in [0, 0.05) is 32.9 Å². The Morgan fingerprint density at radius 2 is 1.90 bits per heavy atom. The lowest BCUT2D eigenvalue weighted by molar-refractivity contribution is -0.274. The molecule has 1 unspecified atom stereocenters. The number of aliphatic hydroxyl groups is 1. The zero-order chi connectivity index (χ0) is 22.6. The molecule has 2 rings (SSSR count). The number of halogens is 3. The standard InChI is InChI=1S/C13H26N4O.C8H7F3O/c1-3-4-7-16-13(15-2)17-8-5-11(6-9-17)12(18)10-14;1-6-2-4-7(5-3-6)12-8(9,10)11/h7,11-12,18H,3-6,8-10,14H2,1-2H3;2-5H,1H3/b15-13?,16-7-;. The number of benzene rings is 1. The second-order valence-corrected chi connectivity index (χ2v) is 7.11. The molecule has 1 saturated heterocycles. The predicted molar refractivity (Wildman–Crippen MR) is 114 cm³/mol. The van der Waals surface area contributed by atoms with Crippen molar-refractivity contribution in [3.05, 3.63) is 29.8 Å². The zero-order valence-corrected chi connectivity index (χ0v) is 17.9. The van der Waals surface area contributed by atoms with Gasteiger partial charge in [-0.15, -0.1) is 13.2 Å². The Hall–Kier alpha value is -2.13. The SMILES string of the molecule is CCC/C=N\C(=NC)N1CCC(C(O)CN)CC1.Cc1ccc(OC(F)(F)F)cc1. The predicted octanol–water partition coefficient (Wildman–Crippen LogP) is 3.77. The molecule has 0 bridgehead atoms. The van der Waals surface area contributed by atoms with Crippen molar-refractivity contribution in [2.75, 3.05) is 26.7 Å². The fraction of sp³-hybridized carbons (Fsp3) is 0.619. The van der Waals surface area contributed by atoms with E-state index < -0.39 is 6.36 Å². The number of piperidine rings is 1.